The largest absolute Gasteiger partial charge is 0.542 e. The Bertz CT molecular complexity index is 1710. The minimum atomic E-state index is -5.19. The first-order valence-corrected chi connectivity index (χ1v) is 35.6. The fraction of sp³-hybridized carbons (Fsp3) is 0.743. The highest BCUT2D eigenvalue weighted by Gasteiger charge is 2.42. The molecule has 0 spiro atoms. The van der Waals surface area contributed by atoms with Gasteiger partial charge >= 0.3 is 6.18 Å². The van der Waals surface area contributed by atoms with Gasteiger partial charge in [0.15, 0.2) is 14.7 Å². The van der Waals surface area contributed by atoms with Gasteiger partial charge in [-0.2, -0.15) is 13.2 Å². The smallest absolute Gasteiger partial charge is 0.430 e. The number of carbonyl (C=O) groups excluding carboxylic acids is 1. The number of unbranched alkanes of at least 4 members (excludes halogenated alkanes) is 27. The molecule has 3 aromatic carbocycles. The molecule has 0 aliphatic rings. The zero-order valence-corrected chi connectivity index (χ0v) is 54.5. The molecule has 3 rings (SSSR count). The first-order valence-electron chi connectivity index (χ1n) is 34.3. The average molecular weight is 1130 g/mol. The molecule has 0 atom stereocenters. The predicted molar refractivity (Wildman–Crippen MR) is 343 cm³/mol. The van der Waals surface area contributed by atoms with Gasteiger partial charge in [0.1, 0.15) is 16.9 Å². The van der Waals surface area contributed by atoms with Crippen LogP contribution in [0.1, 0.15) is 344 Å². The van der Waals surface area contributed by atoms with Crippen molar-refractivity contribution in [3.05, 3.63) is 86.5 Å². The third kappa shape index (κ3) is 30.2. The fourth-order valence-corrected chi connectivity index (χ4v) is 15.0. The topological polar surface area (TPSA) is 40.1 Å². The third-order valence-corrected chi connectivity index (χ3v) is 19.3. The summed E-state index contributed by atoms with van der Waals surface area (Å²) in [5, 5.41) is 8.78. The number of aryl methyl sites for hydroxylation is 9. The van der Waals surface area contributed by atoms with E-state index in [2.05, 4.69) is 98.7 Å². The molecule has 0 unspecified atom stereocenters. The molecule has 3 aromatic rings. The summed E-state index contributed by atoms with van der Waals surface area (Å²) in [4.78, 5) is 14.3. The van der Waals surface area contributed by atoms with Crippen LogP contribution in [-0.4, -0.2) is 12.1 Å². The van der Waals surface area contributed by atoms with E-state index in [1.165, 1.54) is 289 Å². The van der Waals surface area contributed by atoms with Gasteiger partial charge in [0.25, 0.3) is 0 Å². The minimum Gasteiger partial charge on any atom is -0.542 e. The predicted octanol–water partition coefficient (Wildman–Crippen LogP) is 23.2. The monoisotopic (exact) mass is 1130 g/mol. The van der Waals surface area contributed by atoms with Gasteiger partial charge < -0.3 is 9.90 Å². The summed E-state index contributed by atoms with van der Waals surface area (Å²) in [6.45, 7) is 21.6. The van der Waals surface area contributed by atoms with Crippen molar-refractivity contribution in [2.24, 2.45) is 0 Å². The van der Waals surface area contributed by atoms with E-state index in [1.807, 2.05) is 14.7 Å². The number of rotatable bonds is 48. The van der Waals surface area contributed by atoms with Crippen LogP contribution in [0.4, 0.5) is 13.2 Å². The van der Waals surface area contributed by atoms with Crippen LogP contribution in [0.25, 0.3) is 0 Å². The maximum absolute atomic E-state index is 10.5. The molecule has 0 saturated carbocycles. The van der Waals surface area contributed by atoms with Crippen molar-refractivity contribution in [2.75, 3.05) is 0 Å². The van der Waals surface area contributed by atoms with Crippen LogP contribution >= 0.6 is 0 Å². The Labute approximate surface area is 496 Å². The third-order valence-electron chi connectivity index (χ3n) is 16.5. The number of halogens is 3. The van der Waals surface area contributed by atoms with Crippen molar-refractivity contribution in [2.45, 2.75) is 372 Å². The molecule has 6 heteroatoms. The van der Waals surface area contributed by atoms with Crippen LogP contribution in [0.5, 0.6) is 0 Å². The van der Waals surface area contributed by atoms with E-state index in [1.54, 1.807) is 50.1 Å². The number of hydrogen-bond acceptors (Lipinski definition) is 2. The lowest BCUT2D eigenvalue weighted by Crippen LogP contribution is -2.37. The highest BCUT2D eigenvalue weighted by atomic mass is 32.2. The van der Waals surface area contributed by atoms with Crippen LogP contribution in [0.15, 0.2) is 51.1 Å². The Kier molecular flexibility index (Phi) is 42.8. The maximum Gasteiger partial charge on any atom is 0.430 e. The molecular formula is C74H123F3O2S. The summed E-state index contributed by atoms with van der Waals surface area (Å²) < 4.78 is 31.5. The molecule has 458 valence electrons. The van der Waals surface area contributed by atoms with Gasteiger partial charge in [-0.3, -0.25) is 0 Å². The van der Waals surface area contributed by atoms with Crippen molar-refractivity contribution in [1.29, 1.82) is 0 Å². The molecule has 0 heterocycles. The normalized spacial score (nSPS) is 11.7. The Morgan fingerprint density at radius 3 is 0.588 bits per heavy atom. The SMILES string of the molecule is CCCCCCc1cc(CCCCCC)c([S+](c2c(CCCCCC)cc(CCCCCC)cc2CCCCCC)c2c(CCCCCC)cc(CCCCCC)cc2CCCCCC)c(CCCCCC)c1.O=C([O-])C(F)(F)F. The molecule has 0 aromatic heterocycles. The Morgan fingerprint density at radius 1 is 0.300 bits per heavy atom. The summed E-state index contributed by atoms with van der Waals surface area (Å²) in [5.41, 5.74) is 15.5. The standard InChI is InChI=1S/C72H123S.C2HF3O2/c1-10-19-28-37-46-61-55-64(49-40-31-22-13-4)70(65(56-61)50-41-32-23-14-5)73(71-66(51-42-33-24-15-6)57-62(47-38-29-20-11-2)58-67(71)52-43-34-25-16-7)72-68(53-44-35-26-17-8)59-63(48-39-30-21-12-3)60-69(72)54-45-36-27-18-9;3-2(4,5)1(6)7/h55-60H,10-54H2,1-9H3;(H,6,7)/q+1;/p-1. The molecule has 0 radical (unpaired) electrons. The second kappa shape index (κ2) is 46.6. The lowest BCUT2D eigenvalue weighted by Gasteiger charge is -2.26. The van der Waals surface area contributed by atoms with Gasteiger partial charge in [-0.05, 0) is 132 Å². The number of benzene rings is 3. The van der Waals surface area contributed by atoms with Crippen LogP contribution in [0.2, 0.25) is 0 Å². The van der Waals surface area contributed by atoms with E-state index in [4.69, 9.17) is 9.90 Å². The summed E-state index contributed by atoms with van der Waals surface area (Å²) in [6.07, 6.45) is 54.1. The Hall–Kier alpha value is -2.73. The summed E-state index contributed by atoms with van der Waals surface area (Å²) >= 11 is 0. The molecule has 0 aliphatic heterocycles. The minimum absolute atomic E-state index is 0.178. The van der Waals surface area contributed by atoms with E-state index in [9.17, 15) is 13.2 Å². The summed E-state index contributed by atoms with van der Waals surface area (Å²) in [5.74, 6) is -3.01. The zero-order valence-electron chi connectivity index (χ0n) is 53.6. The van der Waals surface area contributed by atoms with Crippen LogP contribution in [0, 0.1) is 0 Å². The van der Waals surface area contributed by atoms with E-state index in [-0.39, 0.29) is 10.9 Å². The van der Waals surface area contributed by atoms with Crippen molar-refractivity contribution >= 4 is 16.9 Å². The number of carboxylic acid groups (broad SMARTS) is 1. The van der Waals surface area contributed by atoms with Gasteiger partial charge in [-0.15, -0.1) is 0 Å². The van der Waals surface area contributed by atoms with Crippen LogP contribution in [0.3, 0.4) is 0 Å². The van der Waals surface area contributed by atoms with Gasteiger partial charge in [0.2, 0.25) is 0 Å². The van der Waals surface area contributed by atoms with Crippen LogP contribution < -0.4 is 5.11 Å². The highest BCUT2D eigenvalue weighted by molar-refractivity contribution is 7.97. The van der Waals surface area contributed by atoms with Gasteiger partial charge in [0, 0.05) is 33.4 Å². The molecule has 0 amide bonds. The molecular weight excluding hydrogens is 1010 g/mol. The van der Waals surface area contributed by atoms with Gasteiger partial charge in [-0.25, -0.2) is 0 Å². The first kappa shape index (κ1) is 73.4. The van der Waals surface area contributed by atoms with Crippen molar-refractivity contribution in [3.8, 4) is 0 Å². The lowest BCUT2D eigenvalue weighted by molar-refractivity contribution is -0.344. The molecule has 0 N–H and O–H groups in total. The Morgan fingerprint density at radius 2 is 0.450 bits per heavy atom. The van der Waals surface area contributed by atoms with E-state index in [0.717, 1.165) is 0 Å². The van der Waals surface area contributed by atoms with E-state index in [0.29, 0.717) is 0 Å². The Balaban J connectivity index is 0.00000292. The highest BCUT2D eigenvalue weighted by Crippen LogP contribution is 2.46. The second-order valence-electron chi connectivity index (χ2n) is 24.1. The molecule has 0 saturated heterocycles. The van der Waals surface area contributed by atoms with E-state index >= 15 is 0 Å². The average Bonchev–Trinajstić information content (AvgIpc) is 3.47. The molecule has 2 nitrogen and oxygen atoms in total. The van der Waals surface area contributed by atoms with E-state index < -0.39 is 12.1 Å². The number of carbonyl (C=O) groups is 1. The van der Waals surface area contributed by atoms with Gasteiger partial charge in [-0.1, -0.05) is 272 Å². The number of alkyl halides is 3. The summed E-state index contributed by atoms with van der Waals surface area (Å²) in [6, 6.07) is 17.1. The zero-order chi connectivity index (χ0) is 58.6. The number of hydrogen-bond donors (Lipinski definition) is 0. The van der Waals surface area contributed by atoms with Gasteiger partial charge in [0.05, 0.1) is 0 Å². The van der Waals surface area contributed by atoms with Crippen molar-refractivity contribution in [1.82, 2.24) is 0 Å². The summed E-state index contributed by atoms with van der Waals surface area (Å²) in [7, 11) is -0.178. The molecule has 80 heavy (non-hydrogen) atoms. The fourth-order valence-electron chi connectivity index (χ4n) is 11.8. The van der Waals surface area contributed by atoms with Crippen molar-refractivity contribution < 1.29 is 23.1 Å². The molecule has 0 bridgehead atoms. The quantitative estimate of drug-likeness (QED) is 0.0418. The molecule has 0 aliphatic carbocycles. The molecule has 0 fully saturated rings. The maximum atomic E-state index is 10.5. The number of carboxylic acids is 1. The van der Waals surface area contributed by atoms with Crippen molar-refractivity contribution in [3.63, 3.8) is 0 Å². The first-order chi connectivity index (χ1) is 38.9. The lowest BCUT2D eigenvalue weighted by atomic mass is 9.94. The van der Waals surface area contributed by atoms with Crippen LogP contribution in [-0.2, 0) is 73.5 Å². The number of aliphatic carboxylic acids is 1. The second-order valence-corrected chi connectivity index (χ2v) is 26.0.